The minimum Gasteiger partial charge on any atom is -0.339 e. The smallest absolute Gasteiger partial charge is 0.323 e. The van der Waals surface area contributed by atoms with Gasteiger partial charge in [0.05, 0.1) is 11.3 Å². The minimum atomic E-state index is -0.355. The van der Waals surface area contributed by atoms with Crippen LogP contribution in [0.3, 0.4) is 0 Å². The monoisotopic (exact) mass is 337 g/mol. The fourth-order valence-corrected chi connectivity index (χ4v) is 3.20. The van der Waals surface area contributed by atoms with Gasteiger partial charge in [0.15, 0.2) is 0 Å². The first-order chi connectivity index (χ1) is 12.0. The quantitative estimate of drug-likeness (QED) is 0.882. The fourth-order valence-electron chi connectivity index (χ4n) is 3.20. The Hall–Kier alpha value is -2.82. The third kappa shape index (κ3) is 4.18. The van der Waals surface area contributed by atoms with Crippen molar-refractivity contribution >= 4 is 23.3 Å². The molecule has 0 spiro atoms. The lowest BCUT2D eigenvalue weighted by molar-refractivity contribution is 0.0794. The van der Waals surface area contributed by atoms with Crippen LogP contribution in [0.1, 0.15) is 34.3 Å². The third-order valence-electron chi connectivity index (χ3n) is 4.28. The Labute approximate surface area is 148 Å². The Balaban J connectivity index is 1.74. The number of likely N-dealkylation sites (tertiary alicyclic amines) is 1. The van der Waals surface area contributed by atoms with Crippen molar-refractivity contribution in [3.63, 3.8) is 0 Å². The third-order valence-corrected chi connectivity index (χ3v) is 4.28. The predicted octanol–water partition coefficient (Wildman–Crippen LogP) is 4.18. The van der Waals surface area contributed by atoms with E-state index in [0.717, 1.165) is 42.7 Å². The van der Waals surface area contributed by atoms with Crippen LogP contribution in [-0.4, -0.2) is 29.9 Å². The Bertz CT molecular complexity index is 775. The van der Waals surface area contributed by atoms with Gasteiger partial charge in [0.25, 0.3) is 5.91 Å². The highest BCUT2D eigenvalue weighted by Crippen LogP contribution is 2.21. The molecule has 1 aliphatic rings. The molecule has 2 aromatic carbocycles. The summed E-state index contributed by atoms with van der Waals surface area (Å²) >= 11 is 0. The average molecular weight is 337 g/mol. The van der Waals surface area contributed by atoms with E-state index < -0.39 is 0 Å². The van der Waals surface area contributed by atoms with Gasteiger partial charge in [-0.2, -0.15) is 0 Å². The zero-order chi connectivity index (χ0) is 17.8. The molecule has 0 bridgehead atoms. The summed E-state index contributed by atoms with van der Waals surface area (Å²) in [4.78, 5) is 26.8. The molecule has 0 unspecified atom stereocenters. The van der Waals surface area contributed by atoms with Crippen LogP contribution < -0.4 is 10.6 Å². The number of nitrogens with zero attached hydrogens (tertiary/aromatic N) is 1. The topological polar surface area (TPSA) is 61.4 Å². The standard InChI is InChI=1S/C20H23N3O2/c1-14-11-15(2)13-16(12-14)21-20(25)22-18-8-4-3-7-17(18)19(24)23-9-5-6-10-23/h3-4,7-8,11-13H,5-6,9-10H2,1-2H3,(H2,21,22,25). The van der Waals surface area contributed by atoms with E-state index in [1.807, 2.05) is 49.1 Å². The summed E-state index contributed by atoms with van der Waals surface area (Å²) in [6, 6.07) is 12.7. The number of nitrogens with one attached hydrogen (secondary N) is 2. The molecule has 1 saturated heterocycles. The maximum Gasteiger partial charge on any atom is 0.323 e. The predicted molar refractivity (Wildman–Crippen MR) is 100 cm³/mol. The van der Waals surface area contributed by atoms with Gasteiger partial charge in [-0.3, -0.25) is 4.79 Å². The maximum atomic E-state index is 12.7. The molecule has 0 radical (unpaired) electrons. The van der Waals surface area contributed by atoms with Crippen molar-refractivity contribution in [1.29, 1.82) is 0 Å². The second kappa shape index (κ2) is 7.38. The Morgan fingerprint density at radius 3 is 2.24 bits per heavy atom. The number of para-hydroxylation sites is 1. The number of urea groups is 1. The molecule has 3 amide bonds. The summed E-state index contributed by atoms with van der Waals surface area (Å²) in [5, 5.41) is 5.64. The fraction of sp³-hybridized carbons (Fsp3) is 0.300. The molecular weight excluding hydrogens is 314 g/mol. The summed E-state index contributed by atoms with van der Waals surface area (Å²) in [6.07, 6.45) is 2.07. The van der Waals surface area contributed by atoms with Gasteiger partial charge < -0.3 is 15.5 Å². The number of carbonyl (C=O) groups is 2. The highest BCUT2D eigenvalue weighted by atomic mass is 16.2. The van der Waals surface area contributed by atoms with E-state index in [2.05, 4.69) is 10.6 Å². The van der Waals surface area contributed by atoms with Gasteiger partial charge in [-0.05, 0) is 62.1 Å². The van der Waals surface area contributed by atoms with Gasteiger partial charge in [-0.15, -0.1) is 0 Å². The van der Waals surface area contributed by atoms with Crippen molar-refractivity contribution in [2.45, 2.75) is 26.7 Å². The van der Waals surface area contributed by atoms with Crippen LogP contribution in [0.25, 0.3) is 0 Å². The van der Waals surface area contributed by atoms with Gasteiger partial charge in [0.2, 0.25) is 0 Å². The summed E-state index contributed by atoms with van der Waals surface area (Å²) in [5.41, 5.74) is 3.96. The van der Waals surface area contributed by atoms with Crippen molar-refractivity contribution in [2.75, 3.05) is 23.7 Å². The normalized spacial score (nSPS) is 13.6. The number of aryl methyl sites for hydroxylation is 2. The first kappa shape index (κ1) is 17.0. The highest BCUT2D eigenvalue weighted by molar-refractivity contribution is 6.06. The van der Waals surface area contributed by atoms with Crippen molar-refractivity contribution in [1.82, 2.24) is 4.90 Å². The number of hydrogen-bond donors (Lipinski definition) is 2. The zero-order valence-electron chi connectivity index (χ0n) is 14.6. The zero-order valence-corrected chi connectivity index (χ0v) is 14.6. The summed E-state index contributed by atoms with van der Waals surface area (Å²) in [6.45, 7) is 5.53. The lowest BCUT2D eigenvalue weighted by atomic mass is 10.1. The maximum absolute atomic E-state index is 12.7. The van der Waals surface area contributed by atoms with Gasteiger partial charge in [-0.1, -0.05) is 18.2 Å². The van der Waals surface area contributed by atoms with E-state index in [1.54, 1.807) is 12.1 Å². The molecule has 0 saturated carbocycles. The Kier molecular flexibility index (Phi) is 5.03. The average Bonchev–Trinajstić information content (AvgIpc) is 3.08. The molecule has 25 heavy (non-hydrogen) atoms. The molecular formula is C20H23N3O2. The number of anilines is 2. The molecule has 130 valence electrons. The van der Waals surface area contributed by atoms with Crippen LogP contribution in [0, 0.1) is 13.8 Å². The molecule has 0 aromatic heterocycles. The SMILES string of the molecule is Cc1cc(C)cc(NC(=O)Nc2ccccc2C(=O)N2CCCC2)c1. The molecule has 1 aliphatic heterocycles. The number of hydrogen-bond acceptors (Lipinski definition) is 2. The van der Waals surface area contributed by atoms with Gasteiger partial charge in [-0.25, -0.2) is 4.79 Å². The number of carbonyl (C=O) groups excluding carboxylic acids is 2. The molecule has 0 atom stereocenters. The van der Waals surface area contributed by atoms with E-state index in [1.165, 1.54) is 0 Å². The van der Waals surface area contributed by atoms with Crippen molar-refractivity contribution in [3.8, 4) is 0 Å². The van der Waals surface area contributed by atoms with Gasteiger partial charge in [0.1, 0.15) is 0 Å². The van der Waals surface area contributed by atoms with E-state index in [-0.39, 0.29) is 11.9 Å². The summed E-state index contributed by atoms with van der Waals surface area (Å²) in [5.74, 6) is -0.0280. The molecule has 1 heterocycles. The van der Waals surface area contributed by atoms with E-state index in [9.17, 15) is 9.59 Å². The van der Waals surface area contributed by atoms with Crippen LogP contribution in [0.4, 0.5) is 16.2 Å². The summed E-state index contributed by atoms with van der Waals surface area (Å²) < 4.78 is 0. The first-order valence-corrected chi connectivity index (χ1v) is 8.57. The highest BCUT2D eigenvalue weighted by Gasteiger charge is 2.22. The molecule has 2 aromatic rings. The lowest BCUT2D eigenvalue weighted by Crippen LogP contribution is -2.29. The van der Waals surface area contributed by atoms with Gasteiger partial charge in [0, 0.05) is 18.8 Å². The van der Waals surface area contributed by atoms with E-state index in [4.69, 9.17) is 0 Å². The second-order valence-corrected chi connectivity index (χ2v) is 6.50. The van der Waals surface area contributed by atoms with Crippen LogP contribution in [-0.2, 0) is 0 Å². The van der Waals surface area contributed by atoms with Crippen LogP contribution in [0.15, 0.2) is 42.5 Å². The molecule has 3 rings (SSSR count). The molecule has 1 fully saturated rings. The van der Waals surface area contributed by atoms with E-state index in [0.29, 0.717) is 11.3 Å². The summed E-state index contributed by atoms with van der Waals surface area (Å²) in [7, 11) is 0. The number of benzene rings is 2. The minimum absolute atomic E-state index is 0.0280. The Morgan fingerprint density at radius 1 is 0.920 bits per heavy atom. The largest absolute Gasteiger partial charge is 0.339 e. The molecule has 2 N–H and O–H groups in total. The van der Waals surface area contributed by atoms with Crippen molar-refractivity contribution in [3.05, 3.63) is 59.2 Å². The molecule has 5 nitrogen and oxygen atoms in total. The first-order valence-electron chi connectivity index (χ1n) is 8.57. The molecule has 5 heteroatoms. The lowest BCUT2D eigenvalue weighted by Gasteiger charge is -2.18. The second-order valence-electron chi connectivity index (χ2n) is 6.50. The van der Waals surface area contributed by atoms with E-state index >= 15 is 0 Å². The van der Waals surface area contributed by atoms with Gasteiger partial charge >= 0.3 is 6.03 Å². The van der Waals surface area contributed by atoms with Crippen LogP contribution in [0.5, 0.6) is 0 Å². The van der Waals surface area contributed by atoms with Crippen LogP contribution >= 0.6 is 0 Å². The number of amides is 3. The van der Waals surface area contributed by atoms with Crippen molar-refractivity contribution in [2.24, 2.45) is 0 Å². The van der Waals surface area contributed by atoms with Crippen molar-refractivity contribution < 1.29 is 9.59 Å². The number of rotatable bonds is 3. The van der Waals surface area contributed by atoms with Crippen LogP contribution in [0.2, 0.25) is 0 Å². The Morgan fingerprint density at radius 2 is 1.56 bits per heavy atom. The molecule has 0 aliphatic carbocycles.